The van der Waals surface area contributed by atoms with E-state index in [1.54, 1.807) is 11.9 Å². The summed E-state index contributed by atoms with van der Waals surface area (Å²) in [6.07, 6.45) is 1.33. The van der Waals surface area contributed by atoms with Crippen molar-refractivity contribution < 1.29 is 19.1 Å². The maximum Gasteiger partial charge on any atom is 0.255 e. The van der Waals surface area contributed by atoms with Crippen LogP contribution in [0.15, 0.2) is 12.1 Å². The van der Waals surface area contributed by atoms with Crippen molar-refractivity contribution in [3.8, 4) is 5.75 Å². The number of anilines is 1. The summed E-state index contributed by atoms with van der Waals surface area (Å²) in [5.74, 6) is 0.297. The normalized spacial score (nSPS) is 21.7. The molecule has 1 fully saturated rings. The van der Waals surface area contributed by atoms with Crippen molar-refractivity contribution in [2.75, 3.05) is 38.2 Å². The van der Waals surface area contributed by atoms with E-state index in [0.29, 0.717) is 31.2 Å². The van der Waals surface area contributed by atoms with E-state index in [9.17, 15) is 14.4 Å². The topological polar surface area (TPSA) is 91.0 Å². The zero-order chi connectivity index (χ0) is 19.0. The molecule has 4 rings (SSSR count). The predicted molar refractivity (Wildman–Crippen MR) is 99.0 cm³/mol. The second-order valence-electron chi connectivity index (χ2n) is 7.15. The van der Waals surface area contributed by atoms with Gasteiger partial charge in [0, 0.05) is 45.2 Å². The molecule has 8 nitrogen and oxygen atoms in total. The molecule has 0 bridgehead atoms. The van der Waals surface area contributed by atoms with Crippen LogP contribution in [-0.2, 0) is 16.1 Å². The number of likely N-dealkylation sites (N-methyl/N-ethyl adjacent to an activating group) is 1. The smallest absolute Gasteiger partial charge is 0.255 e. The average Bonchev–Trinajstić information content (AvgIpc) is 3.02. The lowest BCUT2D eigenvalue weighted by atomic mass is 10.0. The molecule has 0 aliphatic carbocycles. The number of aldehydes is 1. The number of nitrogens with zero attached hydrogens (tertiary/aromatic N) is 2. The summed E-state index contributed by atoms with van der Waals surface area (Å²) in [5.41, 5.74) is 2.51. The van der Waals surface area contributed by atoms with Gasteiger partial charge in [-0.15, -0.1) is 0 Å². The minimum atomic E-state index is -0.648. The predicted octanol–water partition coefficient (Wildman–Crippen LogP) is -0.0933. The van der Waals surface area contributed by atoms with E-state index in [1.165, 1.54) is 0 Å². The molecule has 8 heteroatoms. The number of hydrogen-bond acceptors (Lipinski definition) is 6. The van der Waals surface area contributed by atoms with Gasteiger partial charge in [-0.2, -0.15) is 0 Å². The van der Waals surface area contributed by atoms with Crippen LogP contribution in [0.5, 0.6) is 5.75 Å². The third-order valence-corrected chi connectivity index (χ3v) is 5.59. The first-order valence-electron chi connectivity index (χ1n) is 9.37. The Morgan fingerprint density at radius 1 is 1.48 bits per heavy atom. The van der Waals surface area contributed by atoms with Gasteiger partial charge in [0.2, 0.25) is 5.91 Å². The van der Waals surface area contributed by atoms with E-state index in [4.69, 9.17) is 4.74 Å². The van der Waals surface area contributed by atoms with Gasteiger partial charge in [0.25, 0.3) is 5.91 Å². The maximum absolute atomic E-state index is 13.0. The van der Waals surface area contributed by atoms with Crippen LogP contribution < -0.4 is 20.3 Å². The Morgan fingerprint density at radius 3 is 3.11 bits per heavy atom. The lowest BCUT2D eigenvalue weighted by Crippen LogP contribution is -2.55. The van der Waals surface area contributed by atoms with Crippen molar-refractivity contribution in [2.45, 2.75) is 31.5 Å². The number of amides is 2. The van der Waals surface area contributed by atoms with Gasteiger partial charge < -0.3 is 30.0 Å². The zero-order valence-electron chi connectivity index (χ0n) is 15.4. The molecule has 3 heterocycles. The van der Waals surface area contributed by atoms with Gasteiger partial charge in [0.05, 0.1) is 11.7 Å². The molecule has 0 radical (unpaired) electrons. The summed E-state index contributed by atoms with van der Waals surface area (Å²) < 4.78 is 5.92. The Bertz CT molecular complexity index is 781. The molecule has 1 aromatic rings. The number of carbonyl (C=O) groups excluding carboxylic acids is 3. The van der Waals surface area contributed by atoms with Gasteiger partial charge in [0.1, 0.15) is 24.7 Å². The molecule has 3 aliphatic rings. The van der Waals surface area contributed by atoms with Gasteiger partial charge in [-0.1, -0.05) is 0 Å². The lowest BCUT2D eigenvalue weighted by Gasteiger charge is -2.42. The molecule has 0 spiro atoms. The monoisotopic (exact) mass is 372 g/mol. The molecule has 144 valence electrons. The van der Waals surface area contributed by atoms with Crippen molar-refractivity contribution in [3.05, 3.63) is 23.3 Å². The van der Waals surface area contributed by atoms with Crippen LogP contribution in [0.25, 0.3) is 0 Å². The highest BCUT2D eigenvalue weighted by Gasteiger charge is 2.38. The van der Waals surface area contributed by atoms with Crippen LogP contribution in [0.2, 0.25) is 0 Å². The Kier molecular flexibility index (Phi) is 4.73. The van der Waals surface area contributed by atoms with Crippen LogP contribution in [0.1, 0.15) is 28.8 Å². The highest BCUT2D eigenvalue weighted by Crippen LogP contribution is 2.40. The summed E-state index contributed by atoms with van der Waals surface area (Å²) in [4.78, 5) is 39.9. The zero-order valence-corrected chi connectivity index (χ0v) is 15.4. The molecule has 2 N–H and O–H groups in total. The molecule has 1 aromatic carbocycles. The summed E-state index contributed by atoms with van der Waals surface area (Å²) in [6, 6.07) is 3.49. The largest absolute Gasteiger partial charge is 0.489 e. The van der Waals surface area contributed by atoms with Crippen molar-refractivity contribution in [1.82, 2.24) is 15.5 Å². The molecule has 0 saturated carbocycles. The number of ether oxygens (including phenoxy) is 1. The Balaban J connectivity index is 1.64. The first kappa shape index (κ1) is 17.8. The van der Waals surface area contributed by atoms with Crippen LogP contribution in [0, 0.1) is 0 Å². The second-order valence-corrected chi connectivity index (χ2v) is 7.15. The van der Waals surface area contributed by atoms with E-state index in [1.807, 2.05) is 12.1 Å². The summed E-state index contributed by atoms with van der Waals surface area (Å²) >= 11 is 0. The first-order chi connectivity index (χ1) is 13.1. The van der Waals surface area contributed by atoms with Gasteiger partial charge in [0.15, 0.2) is 0 Å². The first-order valence-corrected chi connectivity index (χ1v) is 9.37. The Morgan fingerprint density at radius 2 is 2.33 bits per heavy atom. The van der Waals surface area contributed by atoms with Gasteiger partial charge >= 0.3 is 0 Å². The fraction of sp³-hybridized carbons (Fsp3) is 0.526. The molecule has 2 atom stereocenters. The average molecular weight is 372 g/mol. The van der Waals surface area contributed by atoms with Crippen LogP contribution in [-0.4, -0.2) is 68.4 Å². The van der Waals surface area contributed by atoms with E-state index in [2.05, 4.69) is 15.5 Å². The third-order valence-electron chi connectivity index (χ3n) is 5.59. The van der Waals surface area contributed by atoms with Crippen molar-refractivity contribution in [3.63, 3.8) is 0 Å². The fourth-order valence-corrected chi connectivity index (χ4v) is 4.18. The number of benzene rings is 1. The third kappa shape index (κ3) is 3.03. The maximum atomic E-state index is 13.0. The number of carbonyl (C=O) groups is 3. The number of rotatable bonds is 5. The SMILES string of the molecule is CNC(=O)C(CCC=O)N1Cc2cc3c(cc2C1=O)OCC1CNCCN31. The molecular formula is C19H24N4O4. The number of nitrogens with one attached hydrogen (secondary N) is 2. The Hall–Kier alpha value is -2.61. The van der Waals surface area contributed by atoms with Crippen LogP contribution in [0.3, 0.4) is 0 Å². The quantitative estimate of drug-likeness (QED) is 0.702. The highest BCUT2D eigenvalue weighted by molar-refractivity contribution is 6.02. The minimum absolute atomic E-state index is 0.182. The van der Waals surface area contributed by atoms with Crippen molar-refractivity contribution in [2.24, 2.45) is 0 Å². The van der Waals surface area contributed by atoms with Crippen molar-refractivity contribution in [1.29, 1.82) is 0 Å². The second kappa shape index (κ2) is 7.19. The summed E-state index contributed by atoms with van der Waals surface area (Å²) in [6.45, 7) is 3.66. The van der Waals surface area contributed by atoms with Crippen molar-refractivity contribution >= 4 is 23.8 Å². The molecule has 27 heavy (non-hydrogen) atoms. The standard InChI is InChI=1S/C19H24N4O4/c1-20-18(25)15(3-2-6-24)23-10-12-7-16-17(8-14(12)19(23)26)27-11-13-9-21-4-5-22(13)16/h6-8,13,15,21H,2-5,9-11H2,1H3,(H,20,25). The number of fused-ring (bicyclic) bond motifs is 4. The van der Waals surface area contributed by atoms with E-state index >= 15 is 0 Å². The summed E-state index contributed by atoms with van der Waals surface area (Å²) in [7, 11) is 1.54. The minimum Gasteiger partial charge on any atom is -0.489 e. The molecule has 2 amide bonds. The van der Waals surface area contributed by atoms with E-state index < -0.39 is 6.04 Å². The van der Waals surface area contributed by atoms with Gasteiger partial charge in [-0.05, 0) is 24.1 Å². The molecule has 1 saturated heterocycles. The number of hydrogen-bond donors (Lipinski definition) is 2. The summed E-state index contributed by atoms with van der Waals surface area (Å²) in [5, 5.41) is 5.98. The van der Waals surface area contributed by atoms with Crippen LogP contribution >= 0.6 is 0 Å². The Labute approximate surface area is 157 Å². The van der Waals surface area contributed by atoms with Gasteiger partial charge in [-0.3, -0.25) is 9.59 Å². The molecule has 2 unspecified atom stereocenters. The lowest BCUT2D eigenvalue weighted by molar-refractivity contribution is -0.125. The number of piperazine rings is 1. The fourth-order valence-electron chi connectivity index (χ4n) is 4.18. The van der Waals surface area contributed by atoms with E-state index in [-0.39, 0.29) is 18.2 Å². The van der Waals surface area contributed by atoms with E-state index in [0.717, 1.165) is 42.9 Å². The highest BCUT2D eigenvalue weighted by atomic mass is 16.5. The molecular weight excluding hydrogens is 348 g/mol. The molecule has 3 aliphatic heterocycles. The molecule has 0 aromatic heterocycles. The van der Waals surface area contributed by atoms with Gasteiger partial charge in [-0.25, -0.2) is 0 Å². The van der Waals surface area contributed by atoms with Crippen LogP contribution in [0.4, 0.5) is 5.69 Å².